The number of halogens is 2. The summed E-state index contributed by atoms with van der Waals surface area (Å²) in [6.07, 6.45) is 1.88. The number of ether oxygens (including phenoxy) is 1. The summed E-state index contributed by atoms with van der Waals surface area (Å²) in [4.78, 5) is 18.0. The third-order valence-corrected chi connectivity index (χ3v) is 3.95. The summed E-state index contributed by atoms with van der Waals surface area (Å²) in [7, 11) is 0. The van der Waals surface area contributed by atoms with E-state index in [1.54, 1.807) is 6.07 Å². The van der Waals surface area contributed by atoms with Crippen molar-refractivity contribution in [2.24, 2.45) is 5.92 Å². The summed E-state index contributed by atoms with van der Waals surface area (Å²) in [6.45, 7) is 4.60. The number of rotatable bonds is 4. The molecule has 0 saturated carbocycles. The number of hydrogen-bond donors (Lipinski definition) is 0. The van der Waals surface area contributed by atoms with Gasteiger partial charge in [0.25, 0.3) is 0 Å². The Bertz CT molecular complexity index is 482. The first kappa shape index (κ1) is 15.5. The Labute approximate surface area is 129 Å². The molecule has 1 aromatic heterocycles. The molecule has 0 N–H and O–H groups in total. The summed E-state index contributed by atoms with van der Waals surface area (Å²) in [5.74, 6) is -0.139. The van der Waals surface area contributed by atoms with E-state index in [0.717, 1.165) is 24.9 Å². The maximum Gasteiger partial charge on any atom is 0.310 e. The average molecular weight is 317 g/mol. The molecule has 1 aliphatic heterocycles. The predicted octanol–water partition coefficient (Wildman–Crippen LogP) is 3.16. The van der Waals surface area contributed by atoms with Crippen molar-refractivity contribution in [3.8, 4) is 0 Å². The van der Waals surface area contributed by atoms with Crippen LogP contribution in [0.4, 0.5) is 0 Å². The molecular weight excluding hydrogens is 299 g/mol. The lowest BCUT2D eigenvalue weighted by Gasteiger charge is -2.31. The van der Waals surface area contributed by atoms with Crippen molar-refractivity contribution in [3.63, 3.8) is 0 Å². The zero-order valence-corrected chi connectivity index (χ0v) is 13.0. The largest absolute Gasteiger partial charge is 0.466 e. The Morgan fingerprint density at radius 1 is 1.50 bits per heavy atom. The lowest BCUT2D eigenvalue weighted by atomic mass is 9.98. The van der Waals surface area contributed by atoms with E-state index in [-0.39, 0.29) is 11.9 Å². The van der Waals surface area contributed by atoms with E-state index in [1.165, 1.54) is 0 Å². The number of carbonyl (C=O) groups is 1. The second-order valence-corrected chi connectivity index (χ2v) is 5.66. The van der Waals surface area contributed by atoms with Gasteiger partial charge < -0.3 is 4.74 Å². The average Bonchev–Trinajstić information content (AvgIpc) is 2.43. The molecule has 0 radical (unpaired) electrons. The first-order valence-corrected chi connectivity index (χ1v) is 7.55. The number of carbonyl (C=O) groups excluding carboxylic acids is 1. The van der Waals surface area contributed by atoms with Crippen molar-refractivity contribution in [2.75, 3.05) is 19.7 Å². The predicted molar refractivity (Wildman–Crippen MR) is 78.9 cm³/mol. The van der Waals surface area contributed by atoms with Crippen LogP contribution in [0.5, 0.6) is 0 Å². The Balaban J connectivity index is 1.97. The van der Waals surface area contributed by atoms with Crippen LogP contribution in [0.1, 0.15) is 25.3 Å². The Morgan fingerprint density at radius 3 is 3.00 bits per heavy atom. The fourth-order valence-corrected chi connectivity index (χ4v) is 2.86. The summed E-state index contributed by atoms with van der Waals surface area (Å²) >= 11 is 11.9. The lowest BCUT2D eigenvalue weighted by molar-refractivity contribution is -0.150. The second kappa shape index (κ2) is 7.25. The van der Waals surface area contributed by atoms with E-state index in [2.05, 4.69) is 9.88 Å². The number of likely N-dealkylation sites (tertiary alicyclic amines) is 1. The van der Waals surface area contributed by atoms with Crippen LogP contribution in [-0.2, 0) is 16.1 Å². The van der Waals surface area contributed by atoms with Gasteiger partial charge in [-0.15, -0.1) is 0 Å². The first-order chi connectivity index (χ1) is 9.60. The van der Waals surface area contributed by atoms with E-state index in [9.17, 15) is 4.79 Å². The normalized spacial score (nSPS) is 19.9. The van der Waals surface area contributed by atoms with Gasteiger partial charge in [0.2, 0.25) is 0 Å². The van der Waals surface area contributed by atoms with E-state index in [1.807, 2.05) is 13.0 Å². The number of hydrogen-bond acceptors (Lipinski definition) is 4. The molecule has 1 aliphatic rings. The minimum Gasteiger partial charge on any atom is -0.466 e. The van der Waals surface area contributed by atoms with E-state index in [4.69, 9.17) is 27.9 Å². The van der Waals surface area contributed by atoms with Gasteiger partial charge in [0.15, 0.2) is 0 Å². The van der Waals surface area contributed by atoms with Crippen molar-refractivity contribution in [2.45, 2.75) is 26.3 Å². The summed E-state index contributed by atoms with van der Waals surface area (Å²) in [6, 6.07) is 3.61. The molecule has 0 unspecified atom stereocenters. The molecule has 0 aromatic carbocycles. The highest BCUT2D eigenvalue weighted by Gasteiger charge is 2.27. The molecule has 2 rings (SSSR count). The highest BCUT2D eigenvalue weighted by atomic mass is 35.5. The third kappa shape index (κ3) is 4.08. The first-order valence-electron chi connectivity index (χ1n) is 6.80. The van der Waals surface area contributed by atoms with Gasteiger partial charge in [0.1, 0.15) is 10.3 Å². The van der Waals surface area contributed by atoms with Gasteiger partial charge in [-0.25, -0.2) is 4.98 Å². The smallest absolute Gasteiger partial charge is 0.310 e. The van der Waals surface area contributed by atoms with Crippen LogP contribution in [0.2, 0.25) is 10.3 Å². The number of aromatic nitrogens is 1. The molecule has 1 saturated heterocycles. The molecule has 1 aromatic rings. The maximum absolute atomic E-state index is 11.8. The van der Waals surface area contributed by atoms with E-state index >= 15 is 0 Å². The molecule has 1 fully saturated rings. The number of piperidine rings is 1. The highest BCUT2D eigenvalue weighted by Crippen LogP contribution is 2.23. The van der Waals surface area contributed by atoms with Crippen molar-refractivity contribution < 1.29 is 9.53 Å². The molecule has 0 bridgehead atoms. The Morgan fingerprint density at radius 2 is 2.30 bits per heavy atom. The monoisotopic (exact) mass is 316 g/mol. The van der Waals surface area contributed by atoms with Crippen LogP contribution in [0.15, 0.2) is 12.1 Å². The molecule has 0 amide bonds. The van der Waals surface area contributed by atoms with Gasteiger partial charge in [0, 0.05) is 18.7 Å². The van der Waals surface area contributed by atoms with E-state index < -0.39 is 0 Å². The fraction of sp³-hybridized carbons (Fsp3) is 0.571. The second-order valence-electron chi connectivity index (χ2n) is 4.91. The molecule has 0 aliphatic carbocycles. The Hall–Kier alpha value is -0.840. The molecule has 1 atom stereocenters. The molecule has 6 heteroatoms. The quantitative estimate of drug-likeness (QED) is 0.632. The van der Waals surface area contributed by atoms with Gasteiger partial charge in [-0.3, -0.25) is 9.69 Å². The zero-order chi connectivity index (χ0) is 14.5. The molecule has 110 valence electrons. The molecule has 2 heterocycles. The lowest BCUT2D eigenvalue weighted by Crippen LogP contribution is -2.39. The van der Waals surface area contributed by atoms with Crippen molar-refractivity contribution in [1.82, 2.24) is 9.88 Å². The van der Waals surface area contributed by atoms with Gasteiger partial charge in [-0.1, -0.05) is 29.3 Å². The van der Waals surface area contributed by atoms with Crippen LogP contribution in [-0.4, -0.2) is 35.5 Å². The SMILES string of the molecule is CCOC(=O)[C@@H]1CCCN(Cc2ccc(Cl)nc2Cl)C1. The van der Waals surface area contributed by atoms with Crippen LogP contribution in [0, 0.1) is 5.92 Å². The molecular formula is C14H18Cl2N2O2. The maximum atomic E-state index is 11.8. The van der Waals surface area contributed by atoms with Crippen molar-refractivity contribution >= 4 is 29.2 Å². The van der Waals surface area contributed by atoms with Crippen molar-refractivity contribution in [3.05, 3.63) is 28.0 Å². The van der Waals surface area contributed by atoms with Crippen LogP contribution < -0.4 is 0 Å². The van der Waals surface area contributed by atoms with Gasteiger partial charge in [-0.2, -0.15) is 0 Å². The summed E-state index contributed by atoms with van der Waals surface area (Å²) < 4.78 is 5.10. The number of nitrogens with zero attached hydrogens (tertiary/aromatic N) is 2. The summed E-state index contributed by atoms with van der Waals surface area (Å²) in [5.41, 5.74) is 0.931. The standard InChI is InChI=1S/C14H18Cl2N2O2/c1-2-20-14(19)11-4-3-7-18(9-11)8-10-5-6-12(15)17-13(10)16/h5-6,11H,2-4,7-9H2,1H3/t11-/m1/s1. The minimum atomic E-state index is -0.0995. The zero-order valence-electron chi connectivity index (χ0n) is 11.4. The van der Waals surface area contributed by atoms with Crippen molar-refractivity contribution in [1.29, 1.82) is 0 Å². The number of pyridine rings is 1. The van der Waals surface area contributed by atoms with E-state index in [0.29, 0.717) is 30.0 Å². The van der Waals surface area contributed by atoms with Gasteiger partial charge in [0.05, 0.1) is 12.5 Å². The molecule has 4 nitrogen and oxygen atoms in total. The highest BCUT2D eigenvalue weighted by molar-refractivity contribution is 6.32. The molecule has 20 heavy (non-hydrogen) atoms. The van der Waals surface area contributed by atoms with Crippen LogP contribution >= 0.6 is 23.2 Å². The molecule has 0 spiro atoms. The minimum absolute atomic E-state index is 0.0391. The fourth-order valence-electron chi connectivity index (χ4n) is 2.45. The number of esters is 1. The summed E-state index contributed by atoms with van der Waals surface area (Å²) in [5, 5.41) is 0.817. The van der Waals surface area contributed by atoms with Crippen LogP contribution in [0.25, 0.3) is 0 Å². The third-order valence-electron chi connectivity index (χ3n) is 3.41. The van der Waals surface area contributed by atoms with Gasteiger partial charge >= 0.3 is 5.97 Å². The Kier molecular flexibility index (Phi) is 5.64. The topological polar surface area (TPSA) is 42.4 Å². The van der Waals surface area contributed by atoms with Gasteiger partial charge in [-0.05, 0) is 32.4 Å². The van der Waals surface area contributed by atoms with Crippen LogP contribution in [0.3, 0.4) is 0 Å².